The van der Waals surface area contributed by atoms with Crippen molar-refractivity contribution in [3.8, 4) is 0 Å². The van der Waals surface area contributed by atoms with Crippen LogP contribution in [0.3, 0.4) is 0 Å². The number of hydrogen-bond acceptors (Lipinski definition) is 1. The molecule has 1 saturated heterocycles. The molecular formula is C7H12N. The minimum atomic E-state index is 1.14. The van der Waals surface area contributed by atoms with E-state index in [9.17, 15) is 0 Å². The lowest BCUT2D eigenvalue weighted by Crippen LogP contribution is -2.22. The van der Waals surface area contributed by atoms with E-state index >= 15 is 0 Å². The molecule has 0 saturated carbocycles. The van der Waals surface area contributed by atoms with Crippen molar-refractivity contribution >= 4 is 0 Å². The Morgan fingerprint density at radius 2 is 2.00 bits per heavy atom. The second-order valence-electron chi connectivity index (χ2n) is 2.11. The first-order valence-corrected chi connectivity index (χ1v) is 3.11. The van der Waals surface area contributed by atoms with Gasteiger partial charge in [-0.05, 0) is 32.9 Å². The van der Waals surface area contributed by atoms with Crippen molar-refractivity contribution < 1.29 is 0 Å². The third-order valence-electron chi connectivity index (χ3n) is 1.53. The van der Waals surface area contributed by atoms with Gasteiger partial charge in [0.05, 0.1) is 0 Å². The van der Waals surface area contributed by atoms with Crippen LogP contribution in [0.25, 0.3) is 0 Å². The summed E-state index contributed by atoms with van der Waals surface area (Å²) in [5.41, 5.74) is 1.50. The summed E-state index contributed by atoms with van der Waals surface area (Å²) in [6.45, 7) is 6.00. The van der Waals surface area contributed by atoms with Crippen LogP contribution in [0.2, 0.25) is 0 Å². The average Bonchev–Trinajstić information content (AvgIpc) is 1.90. The molecule has 0 aromatic rings. The Morgan fingerprint density at radius 1 is 1.38 bits per heavy atom. The summed E-state index contributed by atoms with van der Waals surface area (Å²) in [7, 11) is 0. The van der Waals surface area contributed by atoms with Gasteiger partial charge >= 0.3 is 0 Å². The SMILES string of the molecule is [CH2]C=C1CCNCC1. The fourth-order valence-corrected chi connectivity index (χ4v) is 0.952. The summed E-state index contributed by atoms with van der Waals surface area (Å²) in [4.78, 5) is 0. The van der Waals surface area contributed by atoms with Crippen LogP contribution in [-0.2, 0) is 0 Å². The highest BCUT2D eigenvalue weighted by Crippen LogP contribution is 2.07. The Balaban J connectivity index is 2.33. The number of piperidine rings is 1. The maximum Gasteiger partial charge on any atom is -0.00115 e. The molecule has 8 heavy (non-hydrogen) atoms. The fraction of sp³-hybridized carbons (Fsp3) is 0.571. The number of hydrogen-bond donors (Lipinski definition) is 1. The van der Waals surface area contributed by atoms with E-state index in [-0.39, 0.29) is 0 Å². The third-order valence-corrected chi connectivity index (χ3v) is 1.53. The van der Waals surface area contributed by atoms with Gasteiger partial charge in [0.15, 0.2) is 0 Å². The fourth-order valence-electron chi connectivity index (χ4n) is 0.952. The topological polar surface area (TPSA) is 12.0 Å². The predicted molar refractivity (Wildman–Crippen MR) is 35.5 cm³/mol. The zero-order chi connectivity index (χ0) is 5.82. The van der Waals surface area contributed by atoms with Gasteiger partial charge in [-0.15, -0.1) is 0 Å². The van der Waals surface area contributed by atoms with Crippen LogP contribution in [0.15, 0.2) is 11.6 Å². The number of nitrogens with one attached hydrogen (secondary N) is 1. The van der Waals surface area contributed by atoms with Crippen LogP contribution >= 0.6 is 0 Å². The van der Waals surface area contributed by atoms with E-state index in [4.69, 9.17) is 0 Å². The molecule has 0 aliphatic carbocycles. The van der Waals surface area contributed by atoms with Crippen molar-refractivity contribution in [2.24, 2.45) is 0 Å². The summed E-state index contributed by atoms with van der Waals surface area (Å²) in [6, 6.07) is 0. The van der Waals surface area contributed by atoms with Gasteiger partial charge in [-0.25, -0.2) is 0 Å². The number of allylic oxidation sites excluding steroid dienone is 1. The molecule has 1 radical (unpaired) electrons. The van der Waals surface area contributed by atoms with Gasteiger partial charge in [0.2, 0.25) is 0 Å². The largest absolute Gasteiger partial charge is 0.316 e. The third kappa shape index (κ3) is 1.34. The lowest BCUT2D eigenvalue weighted by molar-refractivity contribution is 0.610. The first kappa shape index (κ1) is 5.83. The van der Waals surface area contributed by atoms with Crippen molar-refractivity contribution in [3.63, 3.8) is 0 Å². The Morgan fingerprint density at radius 3 is 2.38 bits per heavy atom. The second-order valence-corrected chi connectivity index (χ2v) is 2.11. The molecule has 0 atom stereocenters. The first-order chi connectivity index (χ1) is 3.93. The summed E-state index contributed by atoms with van der Waals surface area (Å²) < 4.78 is 0. The highest BCUT2D eigenvalue weighted by Gasteiger charge is 2.00. The molecule has 0 spiro atoms. The molecule has 0 amide bonds. The van der Waals surface area contributed by atoms with E-state index in [2.05, 4.69) is 12.2 Å². The Hall–Kier alpha value is -0.300. The van der Waals surface area contributed by atoms with Crippen molar-refractivity contribution in [2.75, 3.05) is 13.1 Å². The summed E-state index contributed by atoms with van der Waals surface area (Å²) in [6.07, 6.45) is 4.38. The molecule has 0 bridgehead atoms. The van der Waals surface area contributed by atoms with E-state index in [0.29, 0.717) is 0 Å². The summed E-state index contributed by atoms with van der Waals surface area (Å²) >= 11 is 0. The molecular weight excluding hydrogens is 98.1 g/mol. The molecule has 1 aliphatic heterocycles. The van der Waals surface area contributed by atoms with E-state index < -0.39 is 0 Å². The molecule has 1 nitrogen and oxygen atoms in total. The van der Waals surface area contributed by atoms with Gasteiger partial charge in [-0.3, -0.25) is 0 Å². The second kappa shape index (κ2) is 2.88. The zero-order valence-corrected chi connectivity index (χ0v) is 5.11. The minimum absolute atomic E-state index is 1.14. The molecule has 45 valence electrons. The van der Waals surface area contributed by atoms with Crippen molar-refractivity contribution in [1.29, 1.82) is 0 Å². The van der Waals surface area contributed by atoms with Gasteiger partial charge in [0, 0.05) is 0 Å². The maximum absolute atomic E-state index is 3.72. The lowest BCUT2D eigenvalue weighted by atomic mass is 10.1. The Bertz CT molecular complexity index is 86.6. The zero-order valence-electron chi connectivity index (χ0n) is 5.11. The standard InChI is InChI=1S/C7H12N/c1-2-7-3-5-8-6-4-7/h2,8H,1,3-6H2. The van der Waals surface area contributed by atoms with Crippen LogP contribution in [-0.4, -0.2) is 13.1 Å². The molecule has 0 unspecified atom stereocenters. The van der Waals surface area contributed by atoms with Crippen molar-refractivity contribution in [3.05, 3.63) is 18.6 Å². The van der Waals surface area contributed by atoms with Gasteiger partial charge in [-0.2, -0.15) is 0 Å². The average molecular weight is 110 g/mol. The monoisotopic (exact) mass is 110 g/mol. The highest BCUT2D eigenvalue weighted by molar-refractivity contribution is 5.06. The summed E-state index contributed by atoms with van der Waals surface area (Å²) in [5.74, 6) is 0. The summed E-state index contributed by atoms with van der Waals surface area (Å²) in [5, 5.41) is 3.28. The van der Waals surface area contributed by atoms with E-state index in [0.717, 1.165) is 13.1 Å². The lowest BCUT2D eigenvalue weighted by Gasteiger charge is -2.13. The van der Waals surface area contributed by atoms with Crippen LogP contribution in [0.1, 0.15) is 12.8 Å². The van der Waals surface area contributed by atoms with Crippen LogP contribution < -0.4 is 5.32 Å². The smallest absolute Gasteiger partial charge is 0.00115 e. The molecule has 1 fully saturated rings. The van der Waals surface area contributed by atoms with E-state index in [1.54, 1.807) is 0 Å². The molecule has 1 heteroatoms. The first-order valence-electron chi connectivity index (χ1n) is 3.11. The van der Waals surface area contributed by atoms with Gasteiger partial charge in [0.25, 0.3) is 0 Å². The van der Waals surface area contributed by atoms with Gasteiger partial charge < -0.3 is 5.32 Å². The highest BCUT2D eigenvalue weighted by atomic mass is 14.9. The quantitative estimate of drug-likeness (QED) is 0.493. The maximum atomic E-state index is 3.72. The van der Waals surface area contributed by atoms with Crippen molar-refractivity contribution in [1.82, 2.24) is 5.32 Å². The molecule has 1 heterocycles. The van der Waals surface area contributed by atoms with Gasteiger partial charge in [-0.1, -0.05) is 11.6 Å². The molecule has 0 aromatic heterocycles. The van der Waals surface area contributed by atoms with Crippen LogP contribution in [0, 0.1) is 6.92 Å². The normalized spacial score (nSPS) is 20.9. The predicted octanol–water partition coefficient (Wildman–Crippen LogP) is 1.13. The van der Waals surface area contributed by atoms with Gasteiger partial charge in [0.1, 0.15) is 0 Å². The molecule has 1 aliphatic rings. The number of rotatable bonds is 0. The van der Waals surface area contributed by atoms with Crippen LogP contribution in [0.4, 0.5) is 0 Å². The van der Waals surface area contributed by atoms with E-state index in [1.807, 2.05) is 6.08 Å². The molecule has 1 N–H and O–H groups in total. The van der Waals surface area contributed by atoms with Crippen molar-refractivity contribution in [2.45, 2.75) is 12.8 Å². The minimum Gasteiger partial charge on any atom is -0.316 e. The Kier molecular flexibility index (Phi) is 2.10. The van der Waals surface area contributed by atoms with Crippen LogP contribution in [0.5, 0.6) is 0 Å². The Labute approximate surface area is 50.8 Å². The molecule has 0 aromatic carbocycles. The van der Waals surface area contributed by atoms with E-state index in [1.165, 1.54) is 18.4 Å². The molecule has 1 rings (SSSR count).